The van der Waals surface area contributed by atoms with E-state index < -0.39 is 11.8 Å². The minimum Gasteiger partial charge on any atom is -0.467 e. The molecule has 2 aromatic rings. The molecule has 1 N–H and O–H groups in total. The minimum absolute atomic E-state index is 0.0642. The van der Waals surface area contributed by atoms with Gasteiger partial charge in [0.25, 0.3) is 0 Å². The fraction of sp³-hybridized carbons (Fsp3) is 0.435. The van der Waals surface area contributed by atoms with Crippen molar-refractivity contribution in [2.75, 3.05) is 31.6 Å². The number of nitrogens with zero attached hydrogens (tertiary/aromatic N) is 2. The number of carbonyl (C=O) groups is 3. The number of likely N-dealkylation sites (tertiary alicyclic amines) is 1. The van der Waals surface area contributed by atoms with Gasteiger partial charge >= 0.3 is 12.0 Å². The van der Waals surface area contributed by atoms with Crippen molar-refractivity contribution in [2.45, 2.75) is 32.7 Å². The lowest BCUT2D eigenvalue weighted by molar-refractivity contribution is -0.151. The third-order valence-electron chi connectivity index (χ3n) is 5.39. The Morgan fingerprint density at radius 1 is 1.19 bits per heavy atom. The maximum absolute atomic E-state index is 13.9. The topological polar surface area (TPSA) is 92.1 Å². The number of piperidine rings is 1. The van der Waals surface area contributed by atoms with Crippen molar-refractivity contribution in [1.29, 1.82) is 0 Å². The zero-order chi connectivity index (χ0) is 22.9. The predicted octanol–water partition coefficient (Wildman–Crippen LogP) is 3.64. The van der Waals surface area contributed by atoms with Gasteiger partial charge in [-0.15, -0.1) is 0 Å². The quantitative estimate of drug-likeness (QED) is 0.627. The second-order valence-electron chi connectivity index (χ2n) is 7.57. The SMILES string of the molecule is CCOC(=O)C1CCN(C(=O)CCN(Cc2ccco2)C(=O)Nc2ccccc2F)CC1. The number of benzene rings is 1. The van der Waals surface area contributed by atoms with Crippen LogP contribution in [0.2, 0.25) is 0 Å². The van der Waals surface area contributed by atoms with E-state index in [1.165, 1.54) is 29.4 Å². The van der Waals surface area contributed by atoms with E-state index in [2.05, 4.69) is 5.32 Å². The lowest BCUT2D eigenvalue weighted by atomic mass is 9.97. The second kappa shape index (κ2) is 11.3. The Hall–Kier alpha value is -3.36. The summed E-state index contributed by atoms with van der Waals surface area (Å²) < 4.78 is 24.3. The standard InChI is InChI=1S/C23H28FN3O5/c1-2-31-22(29)17-9-12-26(13-10-17)21(28)11-14-27(16-18-6-5-15-32-18)23(30)25-20-8-4-3-7-19(20)24/h3-8,15,17H,2,9-14,16H2,1H3,(H,25,30). The first-order valence-electron chi connectivity index (χ1n) is 10.7. The molecule has 0 bridgehead atoms. The van der Waals surface area contributed by atoms with Gasteiger partial charge in [0.1, 0.15) is 11.6 Å². The summed E-state index contributed by atoms with van der Waals surface area (Å²) in [5.41, 5.74) is 0.0642. The van der Waals surface area contributed by atoms with E-state index in [0.29, 0.717) is 38.3 Å². The van der Waals surface area contributed by atoms with Crippen molar-refractivity contribution >= 4 is 23.6 Å². The molecule has 3 rings (SSSR count). The van der Waals surface area contributed by atoms with Crippen LogP contribution < -0.4 is 5.32 Å². The number of furan rings is 1. The van der Waals surface area contributed by atoms with Crippen molar-refractivity contribution < 1.29 is 27.9 Å². The molecule has 1 aromatic carbocycles. The van der Waals surface area contributed by atoms with Gasteiger partial charge in [-0.3, -0.25) is 9.59 Å². The lowest BCUT2D eigenvalue weighted by Gasteiger charge is -2.31. The van der Waals surface area contributed by atoms with Gasteiger partial charge in [-0.2, -0.15) is 0 Å². The molecule has 1 fully saturated rings. The van der Waals surface area contributed by atoms with Crippen LogP contribution in [0.1, 0.15) is 31.9 Å². The van der Waals surface area contributed by atoms with E-state index >= 15 is 0 Å². The number of esters is 1. The maximum Gasteiger partial charge on any atom is 0.322 e. The summed E-state index contributed by atoms with van der Waals surface area (Å²) in [5, 5.41) is 2.55. The van der Waals surface area contributed by atoms with Crippen molar-refractivity contribution in [2.24, 2.45) is 5.92 Å². The number of rotatable bonds is 8. The molecule has 1 saturated heterocycles. The summed E-state index contributed by atoms with van der Waals surface area (Å²) >= 11 is 0. The summed E-state index contributed by atoms with van der Waals surface area (Å²) in [5.74, 6) is -0.485. The Morgan fingerprint density at radius 2 is 1.94 bits per heavy atom. The van der Waals surface area contributed by atoms with Crippen LogP contribution in [0, 0.1) is 11.7 Å². The Kier molecular flexibility index (Phi) is 8.24. The van der Waals surface area contributed by atoms with Crippen molar-refractivity contribution in [3.8, 4) is 0 Å². The molecule has 8 nitrogen and oxygen atoms in total. The van der Waals surface area contributed by atoms with E-state index in [-0.39, 0.29) is 43.0 Å². The molecule has 3 amide bonds. The van der Waals surface area contributed by atoms with Crippen LogP contribution >= 0.6 is 0 Å². The molecule has 172 valence electrons. The summed E-state index contributed by atoms with van der Waals surface area (Å²) in [6.45, 7) is 3.35. The number of halogens is 1. The Labute approximate surface area is 186 Å². The highest BCUT2D eigenvalue weighted by Gasteiger charge is 2.28. The molecule has 1 aliphatic heterocycles. The number of anilines is 1. The van der Waals surface area contributed by atoms with Crippen molar-refractivity contribution in [3.63, 3.8) is 0 Å². The first kappa shape index (κ1) is 23.3. The average molecular weight is 445 g/mol. The Bertz CT molecular complexity index is 910. The average Bonchev–Trinajstić information content (AvgIpc) is 3.31. The molecule has 0 radical (unpaired) electrons. The van der Waals surface area contributed by atoms with E-state index in [0.717, 1.165) is 0 Å². The van der Waals surface area contributed by atoms with Crippen LogP contribution in [0.15, 0.2) is 47.1 Å². The van der Waals surface area contributed by atoms with E-state index in [1.54, 1.807) is 30.0 Å². The molecule has 0 saturated carbocycles. The lowest BCUT2D eigenvalue weighted by Crippen LogP contribution is -2.43. The molecule has 9 heteroatoms. The van der Waals surface area contributed by atoms with Gasteiger partial charge in [-0.1, -0.05) is 12.1 Å². The molecule has 0 unspecified atom stereocenters. The van der Waals surface area contributed by atoms with Gasteiger partial charge in [0.15, 0.2) is 0 Å². The largest absolute Gasteiger partial charge is 0.467 e. The first-order valence-corrected chi connectivity index (χ1v) is 10.7. The molecular formula is C23H28FN3O5. The van der Waals surface area contributed by atoms with Gasteiger partial charge in [-0.05, 0) is 44.0 Å². The number of nitrogens with one attached hydrogen (secondary N) is 1. The van der Waals surface area contributed by atoms with Crippen molar-refractivity contribution in [3.05, 3.63) is 54.2 Å². The number of carbonyl (C=O) groups excluding carboxylic acids is 3. The molecule has 1 aliphatic rings. The van der Waals surface area contributed by atoms with E-state index in [1.807, 2.05) is 0 Å². The Balaban J connectivity index is 1.56. The highest BCUT2D eigenvalue weighted by atomic mass is 19.1. The van der Waals surface area contributed by atoms with Crippen molar-refractivity contribution in [1.82, 2.24) is 9.80 Å². The number of urea groups is 1. The maximum atomic E-state index is 13.9. The van der Waals surface area contributed by atoms with E-state index in [9.17, 15) is 18.8 Å². The second-order valence-corrected chi connectivity index (χ2v) is 7.57. The normalized spacial score (nSPS) is 14.1. The summed E-state index contributed by atoms with van der Waals surface area (Å²) in [7, 11) is 0. The first-order chi connectivity index (χ1) is 15.5. The zero-order valence-electron chi connectivity index (χ0n) is 18.1. The zero-order valence-corrected chi connectivity index (χ0v) is 18.1. The van der Waals surface area contributed by atoms with Crippen LogP contribution in [0.4, 0.5) is 14.9 Å². The number of para-hydroxylation sites is 1. The molecule has 0 spiro atoms. The fourth-order valence-corrected chi connectivity index (χ4v) is 3.61. The minimum atomic E-state index is -0.542. The molecule has 1 aromatic heterocycles. The molecule has 0 aliphatic carbocycles. The predicted molar refractivity (Wildman–Crippen MR) is 115 cm³/mol. The van der Waals surface area contributed by atoms with Crippen LogP contribution in [0.3, 0.4) is 0 Å². The fourth-order valence-electron chi connectivity index (χ4n) is 3.61. The number of hydrogen-bond donors (Lipinski definition) is 1. The van der Waals surface area contributed by atoms with Crippen LogP contribution in [-0.2, 0) is 20.9 Å². The summed E-state index contributed by atoms with van der Waals surface area (Å²) in [6, 6.07) is 8.80. The molecular weight excluding hydrogens is 417 g/mol. The molecule has 2 heterocycles. The number of ether oxygens (including phenoxy) is 1. The third kappa shape index (κ3) is 6.32. The van der Waals surface area contributed by atoms with Gasteiger partial charge in [0, 0.05) is 26.1 Å². The smallest absolute Gasteiger partial charge is 0.322 e. The number of hydrogen-bond acceptors (Lipinski definition) is 5. The van der Waals surface area contributed by atoms with Gasteiger partial charge in [-0.25, -0.2) is 9.18 Å². The van der Waals surface area contributed by atoms with Gasteiger partial charge < -0.3 is 24.3 Å². The van der Waals surface area contributed by atoms with Crippen LogP contribution in [0.5, 0.6) is 0 Å². The van der Waals surface area contributed by atoms with Gasteiger partial charge in [0.2, 0.25) is 5.91 Å². The third-order valence-corrected chi connectivity index (χ3v) is 5.39. The Morgan fingerprint density at radius 3 is 2.59 bits per heavy atom. The molecule has 0 atom stereocenters. The van der Waals surface area contributed by atoms with Crippen LogP contribution in [0.25, 0.3) is 0 Å². The van der Waals surface area contributed by atoms with Crippen LogP contribution in [-0.4, -0.2) is 53.9 Å². The highest BCUT2D eigenvalue weighted by Crippen LogP contribution is 2.20. The highest BCUT2D eigenvalue weighted by molar-refractivity contribution is 5.89. The number of amides is 3. The summed E-state index contributed by atoms with van der Waals surface area (Å²) in [6.07, 6.45) is 2.74. The van der Waals surface area contributed by atoms with Gasteiger partial charge in [0.05, 0.1) is 31.0 Å². The van der Waals surface area contributed by atoms with E-state index in [4.69, 9.17) is 9.15 Å². The molecule has 32 heavy (non-hydrogen) atoms. The summed E-state index contributed by atoms with van der Waals surface area (Å²) in [4.78, 5) is 40.5. The monoisotopic (exact) mass is 445 g/mol.